The third kappa shape index (κ3) is 4.57. The fourth-order valence-electron chi connectivity index (χ4n) is 3.18. The van der Waals surface area contributed by atoms with Crippen LogP contribution in [0.3, 0.4) is 0 Å². The molecular formula is C18H28N2O. The molecule has 21 heavy (non-hydrogen) atoms. The molecule has 1 aliphatic rings. The summed E-state index contributed by atoms with van der Waals surface area (Å²) in [6.07, 6.45) is 5.00. The van der Waals surface area contributed by atoms with E-state index in [9.17, 15) is 4.79 Å². The lowest BCUT2D eigenvalue weighted by Gasteiger charge is -2.33. The maximum Gasteiger partial charge on any atom is 0.238 e. The van der Waals surface area contributed by atoms with E-state index in [1.165, 1.54) is 31.2 Å². The SMILES string of the molecule is Cc1ccc(NC(=O)CN(C)C2CCC(C)CC2)c(C)c1. The second-order valence-electron chi connectivity index (χ2n) is 6.70. The number of hydrogen-bond donors (Lipinski definition) is 1. The van der Waals surface area contributed by atoms with Gasteiger partial charge in [0.1, 0.15) is 0 Å². The molecule has 1 aromatic rings. The Morgan fingerprint density at radius 2 is 1.90 bits per heavy atom. The molecule has 0 unspecified atom stereocenters. The number of amides is 1. The summed E-state index contributed by atoms with van der Waals surface area (Å²) >= 11 is 0. The normalized spacial score (nSPS) is 22.3. The summed E-state index contributed by atoms with van der Waals surface area (Å²) in [5.74, 6) is 0.932. The largest absolute Gasteiger partial charge is 0.325 e. The van der Waals surface area contributed by atoms with Gasteiger partial charge < -0.3 is 5.32 Å². The van der Waals surface area contributed by atoms with Crippen molar-refractivity contribution in [1.82, 2.24) is 4.90 Å². The van der Waals surface area contributed by atoms with Gasteiger partial charge in [-0.15, -0.1) is 0 Å². The molecule has 1 saturated carbocycles. The fraction of sp³-hybridized carbons (Fsp3) is 0.611. The van der Waals surface area contributed by atoms with E-state index in [-0.39, 0.29) is 5.91 Å². The number of aryl methyl sites for hydroxylation is 2. The lowest BCUT2D eigenvalue weighted by atomic mass is 9.87. The number of carbonyl (C=O) groups excluding carboxylic acids is 1. The monoisotopic (exact) mass is 288 g/mol. The number of rotatable bonds is 4. The van der Waals surface area contributed by atoms with Gasteiger partial charge in [-0.05, 0) is 64.1 Å². The standard InChI is InChI=1S/C18H28N2O/c1-13-5-8-16(9-6-13)20(4)12-18(21)19-17-10-7-14(2)11-15(17)3/h7,10-11,13,16H,5-6,8-9,12H2,1-4H3,(H,19,21). The van der Waals surface area contributed by atoms with Crippen LogP contribution in [0, 0.1) is 19.8 Å². The molecule has 0 bridgehead atoms. The van der Waals surface area contributed by atoms with E-state index < -0.39 is 0 Å². The Kier molecular flexibility index (Phi) is 5.40. The van der Waals surface area contributed by atoms with Gasteiger partial charge in [-0.25, -0.2) is 0 Å². The first-order valence-corrected chi connectivity index (χ1v) is 8.03. The maximum atomic E-state index is 12.2. The Balaban J connectivity index is 1.86. The summed E-state index contributed by atoms with van der Waals surface area (Å²) in [6.45, 7) is 6.90. The van der Waals surface area contributed by atoms with Crippen LogP contribution < -0.4 is 5.32 Å². The molecule has 1 aliphatic carbocycles. The van der Waals surface area contributed by atoms with Crippen molar-refractivity contribution in [2.75, 3.05) is 18.9 Å². The number of nitrogens with one attached hydrogen (secondary N) is 1. The summed E-state index contributed by atoms with van der Waals surface area (Å²) in [5, 5.41) is 3.04. The van der Waals surface area contributed by atoms with Crippen molar-refractivity contribution >= 4 is 11.6 Å². The summed E-state index contributed by atoms with van der Waals surface area (Å²) in [5.41, 5.74) is 3.27. The Hall–Kier alpha value is -1.35. The van der Waals surface area contributed by atoms with Gasteiger partial charge >= 0.3 is 0 Å². The summed E-state index contributed by atoms with van der Waals surface area (Å²) in [7, 11) is 2.07. The van der Waals surface area contributed by atoms with Gasteiger partial charge in [0.25, 0.3) is 0 Å². The molecule has 1 N–H and O–H groups in total. The molecule has 0 heterocycles. The molecular weight excluding hydrogens is 260 g/mol. The van der Waals surface area contributed by atoms with Crippen LogP contribution in [0.1, 0.15) is 43.7 Å². The molecule has 0 saturated heterocycles. The van der Waals surface area contributed by atoms with E-state index in [2.05, 4.69) is 37.2 Å². The van der Waals surface area contributed by atoms with Crippen LogP contribution in [0.4, 0.5) is 5.69 Å². The van der Waals surface area contributed by atoms with Gasteiger partial charge in [0.15, 0.2) is 0 Å². The van der Waals surface area contributed by atoms with E-state index in [0.29, 0.717) is 12.6 Å². The first-order chi connectivity index (χ1) is 9.95. The van der Waals surface area contributed by atoms with Crippen LogP contribution in [0.25, 0.3) is 0 Å². The lowest BCUT2D eigenvalue weighted by molar-refractivity contribution is -0.117. The minimum Gasteiger partial charge on any atom is -0.325 e. The van der Waals surface area contributed by atoms with Crippen molar-refractivity contribution in [2.45, 2.75) is 52.5 Å². The van der Waals surface area contributed by atoms with Gasteiger partial charge in [0.2, 0.25) is 5.91 Å². The minimum absolute atomic E-state index is 0.0862. The molecule has 1 fully saturated rings. The number of carbonyl (C=O) groups is 1. The van der Waals surface area contributed by atoms with E-state index in [1.54, 1.807) is 0 Å². The van der Waals surface area contributed by atoms with Gasteiger partial charge in [-0.3, -0.25) is 9.69 Å². The van der Waals surface area contributed by atoms with E-state index >= 15 is 0 Å². The molecule has 1 aromatic carbocycles. The van der Waals surface area contributed by atoms with Gasteiger partial charge in [-0.1, -0.05) is 24.6 Å². The quantitative estimate of drug-likeness (QED) is 0.915. The second kappa shape index (κ2) is 7.08. The highest BCUT2D eigenvalue weighted by Crippen LogP contribution is 2.26. The number of likely N-dealkylation sites (N-methyl/N-ethyl adjacent to an activating group) is 1. The van der Waals surface area contributed by atoms with Gasteiger partial charge in [0, 0.05) is 11.7 Å². The van der Waals surface area contributed by atoms with E-state index in [4.69, 9.17) is 0 Å². The zero-order chi connectivity index (χ0) is 15.4. The summed E-state index contributed by atoms with van der Waals surface area (Å²) in [6, 6.07) is 6.69. The Labute approximate surface area is 128 Å². The summed E-state index contributed by atoms with van der Waals surface area (Å²) < 4.78 is 0. The van der Waals surface area contributed by atoms with E-state index in [1.807, 2.05) is 19.1 Å². The molecule has 0 radical (unpaired) electrons. The van der Waals surface area contributed by atoms with Crippen molar-refractivity contribution < 1.29 is 4.79 Å². The van der Waals surface area contributed by atoms with Crippen LogP contribution in [0.2, 0.25) is 0 Å². The molecule has 3 nitrogen and oxygen atoms in total. The Morgan fingerprint density at radius 3 is 2.52 bits per heavy atom. The van der Waals surface area contributed by atoms with Crippen LogP contribution in [-0.2, 0) is 4.79 Å². The van der Waals surface area contributed by atoms with Crippen molar-refractivity contribution in [2.24, 2.45) is 5.92 Å². The topological polar surface area (TPSA) is 32.3 Å². The van der Waals surface area contributed by atoms with Crippen molar-refractivity contribution in [1.29, 1.82) is 0 Å². The first kappa shape index (κ1) is 16.0. The smallest absolute Gasteiger partial charge is 0.238 e. The van der Waals surface area contributed by atoms with Crippen LogP contribution in [0.15, 0.2) is 18.2 Å². The van der Waals surface area contributed by atoms with Crippen molar-refractivity contribution in [3.63, 3.8) is 0 Å². The van der Waals surface area contributed by atoms with Crippen molar-refractivity contribution in [3.05, 3.63) is 29.3 Å². The number of benzene rings is 1. The van der Waals surface area contributed by atoms with Crippen LogP contribution in [0.5, 0.6) is 0 Å². The highest BCUT2D eigenvalue weighted by molar-refractivity contribution is 5.93. The zero-order valence-electron chi connectivity index (χ0n) is 13.8. The minimum atomic E-state index is 0.0862. The third-order valence-electron chi connectivity index (χ3n) is 4.66. The van der Waals surface area contributed by atoms with Gasteiger partial charge in [0.05, 0.1) is 6.54 Å². The third-order valence-corrected chi connectivity index (χ3v) is 4.66. The Bertz CT molecular complexity index is 490. The molecule has 0 aromatic heterocycles. The average Bonchev–Trinajstić information content (AvgIpc) is 2.42. The molecule has 116 valence electrons. The lowest BCUT2D eigenvalue weighted by Crippen LogP contribution is -2.39. The first-order valence-electron chi connectivity index (χ1n) is 8.03. The number of anilines is 1. The zero-order valence-corrected chi connectivity index (χ0v) is 13.8. The fourth-order valence-corrected chi connectivity index (χ4v) is 3.18. The molecule has 0 spiro atoms. The number of hydrogen-bond acceptors (Lipinski definition) is 2. The molecule has 1 amide bonds. The molecule has 3 heteroatoms. The molecule has 0 atom stereocenters. The Morgan fingerprint density at radius 1 is 1.24 bits per heavy atom. The van der Waals surface area contributed by atoms with Crippen LogP contribution >= 0.6 is 0 Å². The second-order valence-corrected chi connectivity index (χ2v) is 6.70. The highest BCUT2D eigenvalue weighted by Gasteiger charge is 2.22. The van der Waals surface area contributed by atoms with Gasteiger partial charge in [-0.2, -0.15) is 0 Å². The number of nitrogens with zero attached hydrogens (tertiary/aromatic N) is 1. The average molecular weight is 288 g/mol. The predicted molar refractivity (Wildman–Crippen MR) is 88.6 cm³/mol. The summed E-state index contributed by atoms with van der Waals surface area (Å²) in [4.78, 5) is 14.4. The predicted octanol–water partition coefficient (Wildman–Crippen LogP) is 3.75. The molecule has 0 aliphatic heterocycles. The van der Waals surface area contributed by atoms with Crippen molar-refractivity contribution in [3.8, 4) is 0 Å². The maximum absolute atomic E-state index is 12.2. The highest BCUT2D eigenvalue weighted by atomic mass is 16.2. The van der Waals surface area contributed by atoms with E-state index in [0.717, 1.165) is 17.2 Å². The molecule has 2 rings (SSSR count). The van der Waals surface area contributed by atoms with Crippen LogP contribution in [-0.4, -0.2) is 30.4 Å².